The molecule has 1 aliphatic carbocycles. The zero-order valence-electron chi connectivity index (χ0n) is 20.4. The van der Waals surface area contributed by atoms with E-state index in [2.05, 4.69) is 10.1 Å². The molecule has 3 fully saturated rings. The van der Waals surface area contributed by atoms with Gasteiger partial charge in [-0.15, -0.1) is 0 Å². The fourth-order valence-electron chi connectivity index (χ4n) is 5.98. The quantitative estimate of drug-likeness (QED) is 0.287. The number of fused-ring (bicyclic) bond motifs is 3. The minimum Gasteiger partial charge on any atom is -0.478 e. The Morgan fingerprint density at radius 3 is 2.53 bits per heavy atom. The third-order valence-electron chi connectivity index (χ3n) is 7.96. The molecule has 7 rings (SSSR count). The van der Waals surface area contributed by atoms with E-state index < -0.39 is 17.6 Å². The first-order valence-electron chi connectivity index (χ1n) is 12.9. The van der Waals surface area contributed by atoms with E-state index in [9.17, 15) is 18.7 Å². The molecule has 0 amide bonds. The van der Waals surface area contributed by atoms with Gasteiger partial charge in [-0.2, -0.15) is 0 Å². The molecule has 2 saturated heterocycles. The predicted molar refractivity (Wildman–Crippen MR) is 138 cm³/mol. The van der Waals surface area contributed by atoms with E-state index in [1.54, 1.807) is 18.2 Å². The van der Waals surface area contributed by atoms with E-state index in [-0.39, 0.29) is 47.5 Å². The molecule has 4 aromatic rings. The molecule has 2 bridgehead atoms. The van der Waals surface area contributed by atoms with Gasteiger partial charge in [0.2, 0.25) is 0 Å². The summed E-state index contributed by atoms with van der Waals surface area (Å²) in [7, 11) is 0. The van der Waals surface area contributed by atoms with E-state index >= 15 is 0 Å². The summed E-state index contributed by atoms with van der Waals surface area (Å²) in [5.41, 5.74) is 1.74. The predicted octanol–water partition coefficient (Wildman–Crippen LogP) is 6.52. The van der Waals surface area contributed by atoms with E-state index in [4.69, 9.17) is 14.2 Å². The van der Waals surface area contributed by atoms with Crippen LogP contribution in [0.2, 0.25) is 0 Å². The third kappa shape index (κ3) is 4.06. The number of carboxylic acids is 1. The van der Waals surface area contributed by atoms with Crippen LogP contribution in [0, 0.1) is 11.6 Å². The van der Waals surface area contributed by atoms with Gasteiger partial charge in [0.1, 0.15) is 23.1 Å². The fraction of sp³-hybridized carbons (Fsp3) is 0.393. The van der Waals surface area contributed by atoms with Crippen molar-refractivity contribution < 1.29 is 27.9 Å². The van der Waals surface area contributed by atoms with Crippen LogP contribution in [0.15, 0.2) is 40.9 Å². The topological polar surface area (TPSA) is 88.7 Å². The summed E-state index contributed by atoms with van der Waals surface area (Å²) in [6.07, 6.45) is 5.65. The van der Waals surface area contributed by atoms with Crippen molar-refractivity contribution in [1.82, 2.24) is 10.1 Å². The lowest BCUT2D eigenvalue weighted by Gasteiger charge is -2.38. The Morgan fingerprint density at radius 1 is 1.11 bits per heavy atom. The van der Waals surface area contributed by atoms with Gasteiger partial charge < -0.3 is 19.3 Å². The first kappa shape index (κ1) is 23.7. The normalized spacial score (nSPS) is 22.9. The Hall–Kier alpha value is -3.37. The van der Waals surface area contributed by atoms with Gasteiger partial charge in [-0.1, -0.05) is 22.6 Å². The SMILES string of the molecule is O=C(O)c1ccc2nc(N3[C@@H]4CC[C@H]3CC(OCc3c(-c5c(F)cccc5F)noc3C3CC3)C4)sc2c1. The molecule has 2 aromatic heterocycles. The number of hydrogen-bond donors (Lipinski definition) is 1. The van der Waals surface area contributed by atoms with Crippen LogP contribution in [0.3, 0.4) is 0 Å². The lowest BCUT2D eigenvalue weighted by molar-refractivity contribution is 0.0147. The third-order valence-corrected chi connectivity index (χ3v) is 9.00. The van der Waals surface area contributed by atoms with Crippen molar-refractivity contribution in [2.45, 2.75) is 69.2 Å². The second-order valence-electron chi connectivity index (χ2n) is 10.4. The summed E-state index contributed by atoms with van der Waals surface area (Å²) in [6, 6.07) is 9.38. The number of thiazole rings is 1. The number of benzene rings is 2. The number of nitrogens with zero attached hydrogens (tertiary/aromatic N) is 3. The number of aromatic nitrogens is 2. The van der Waals surface area contributed by atoms with Crippen molar-refractivity contribution in [2.24, 2.45) is 0 Å². The average Bonchev–Trinajstić information content (AvgIpc) is 3.42. The van der Waals surface area contributed by atoms with Crippen LogP contribution in [0.5, 0.6) is 0 Å². The lowest BCUT2D eigenvalue weighted by atomic mass is 10.00. The second kappa shape index (κ2) is 9.13. The van der Waals surface area contributed by atoms with Crippen molar-refractivity contribution in [3.8, 4) is 11.3 Å². The maximum atomic E-state index is 14.6. The minimum atomic E-state index is -0.946. The van der Waals surface area contributed by atoms with Gasteiger partial charge in [0.25, 0.3) is 0 Å². The number of aromatic carboxylic acids is 1. The summed E-state index contributed by atoms with van der Waals surface area (Å²) in [5, 5.41) is 14.3. The number of anilines is 1. The molecule has 2 aliphatic heterocycles. The fourth-order valence-corrected chi connectivity index (χ4v) is 7.13. The summed E-state index contributed by atoms with van der Waals surface area (Å²) >= 11 is 1.53. The molecule has 1 unspecified atom stereocenters. The van der Waals surface area contributed by atoms with Gasteiger partial charge in [0.15, 0.2) is 5.13 Å². The zero-order valence-corrected chi connectivity index (χ0v) is 21.2. The van der Waals surface area contributed by atoms with Crippen molar-refractivity contribution in [2.75, 3.05) is 4.90 Å². The highest BCUT2D eigenvalue weighted by Crippen LogP contribution is 2.46. The molecule has 0 spiro atoms. The Kier molecular flexibility index (Phi) is 5.70. The van der Waals surface area contributed by atoms with Gasteiger partial charge in [-0.3, -0.25) is 0 Å². The molecule has 1 N–H and O–H groups in total. The number of hydrogen-bond acceptors (Lipinski definition) is 7. The molecule has 3 atom stereocenters. The Morgan fingerprint density at radius 2 is 1.84 bits per heavy atom. The van der Waals surface area contributed by atoms with Crippen LogP contribution in [-0.4, -0.2) is 39.4 Å². The molecule has 0 radical (unpaired) electrons. The molecule has 10 heteroatoms. The van der Waals surface area contributed by atoms with Crippen molar-refractivity contribution in [3.05, 3.63) is 64.9 Å². The highest BCUT2D eigenvalue weighted by molar-refractivity contribution is 7.22. The summed E-state index contributed by atoms with van der Waals surface area (Å²) in [5.74, 6) is -1.38. The second-order valence-corrected chi connectivity index (χ2v) is 11.4. The number of ether oxygens (including phenoxy) is 1. The Balaban J connectivity index is 1.10. The van der Waals surface area contributed by atoms with Crippen LogP contribution >= 0.6 is 11.3 Å². The summed E-state index contributed by atoms with van der Waals surface area (Å²) < 4.78 is 42.0. The molecule has 196 valence electrons. The van der Waals surface area contributed by atoms with Gasteiger partial charge in [0.05, 0.1) is 34.1 Å². The van der Waals surface area contributed by atoms with Crippen molar-refractivity contribution in [3.63, 3.8) is 0 Å². The van der Waals surface area contributed by atoms with Gasteiger partial charge in [-0.25, -0.2) is 18.6 Å². The lowest BCUT2D eigenvalue weighted by Crippen LogP contribution is -2.45. The molecule has 38 heavy (non-hydrogen) atoms. The van der Waals surface area contributed by atoms with Crippen LogP contribution < -0.4 is 4.90 Å². The first-order valence-corrected chi connectivity index (χ1v) is 13.7. The van der Waals surface area contributed by atoms with E-state index in [1.165, 1.54) is 29.5 Å². The van der Waals surface area contributed by atoms with Crippen LogP contribution in [0.1, 0.15) is 66.1 Å². The number of carboxylic acid groups (broad SMARTS) is 1. The first-order chi connectivity index (χ1) is 18.5. The van der Waals surface area contributed by atoms with E-state index in [1.807, 2.05) is 0 Å². The van der Waals surface area contributed by atoms with Gasteiger partial charge in [-0.05, 0) is 68.9 Å². The average molecular weight is 538 g/mol. The van der Waals surface area contributed by atoms with Crippen LogP contribution in [0.4, 0.5) is 13.9 Å². The molecule has 2 aromatic carbocycles. The summed E-state index contributed by atoms with van der Waals surface area (Å²) in [4.78, 5) is 18.5. The Labute approximate surface area is 221 Å². The molecule has 7 nitrogen and oxygen atoms in total. The molecular formula is C28H25F2N3O4S. The Bertz CT molecular complexity index is 1510. The van der Waals surface area contributed by atoms with Gasteiger partial charge >= 0.3 is 5.97 Å². The maximum Gasteiger partial charge on any atom is 0.335 e. The zero-order chi connectivity index (χ0) is 26.0. The summed E-state index contributed by atoms with van der Waals surface area (Å²) in [6.45, 7) is 0.196. The van der Waals surface area contributed by atoms with E-state index in [0.717, 1.165) is 53.9 Å². The minimum absolute atomic E-state index is 0.00277. The molecule has 4 heterocycles. The standard InChI is InChI=1S/C28H25F2N3O4S/c29-20-2-1-3-21(30)24(20)25-19(26(37-32-25)14-4-5-14)13-36-18-11-16-7-8-17(12-18)33(16)28-31-22-9-6-15(27(34)35)10-23(22)38-28/h1-3,6,9-10,14,16-18H,4-5,7-8,11-13H2,(H,34,35)/t16-,17+,18?. The number of piperidine rings is 1. The molecule has 1 saturated carbocycles. The monoisotopic (exact) mass is 537 g/mol. The smallest absolute Gasteiger partial charge is 0.335 e. The van der Waals surface area contributed by atoms with Crippen LogP contribution in [0.25, 0.3) is 21.5 Å². The van der Waals surface area contributed by atoms with Crippen LogP contribution in [-0.2, 0) is 11.3 Å². The highest BCUT2D eigenvalue weighted by atomic mass is 32.1. The number of rotatable bonds is 7. The maximum absolute atomic E-state index is 14.6. The van der Waals surface area contributed by atoms with E-state index in [0.29, 0.717) is 11.3 Å². The van der Waals surface area contributed by atoms with Crippen molar-refractivity contribution >= 4 is 32.7 Å². The molecule has 3 aliphatic rings. The highest BCUT2D eigenvalue weighted by Gasteiger charge is 2.43. The number of halogens is 2. The number of carbonyl (C=O) groups is 1. The van der Waals surface area contributed by atoms with Gasteiger partial charge in [0, 0.05) is 23.6 Å². The van der Waals surface area contributed by atoms with Crippen molar-refractivity contribution in [1.29, 1.82) is 0 Å². The largest absolute Gasteiger partial charge is 0.478 e. The molecular weight excluding hydrogens is 512 g/mol.